The Kier molecular flexibility index (Phi) is 4.45. The molecule has 1 amide bonds. The first-order chi connectivity index (χ1) is 14.0. The van der Waals surface area contributed by atoms with Crippen LogP contribution in [-0.4, -0.2) is 20.6 Å². The van der Waals surface area contributed by atoms with Crippen molar-refractivity contribution in [2.75, 3.05) is 0 Å². The first-order valence-corrected chi connectivity index (χ1v) is 10.8. The summed E-state index contributed by atoms with van der Waals surface area (Å²) in [5.41, 5.74) is 5.17. The molecule has 3 heterocycles. The lowest BCUT2D eigenvalue weighted by Crippen LogP contribution is -2.25. The van der Waals surface area contributed by atoms with Gasteiger partial charge in [0.05, 0.1) is 22.8 Å². The molecule has 0 bridgehead atoms. The number of rotatable bonds is 3. The average Bonchev–Trinajstić information content (AvgIpc) is 3.39. The van der Waals surface area contributed by atoms with Crippen molar-refractivity contribution in [1.29, 1.82) is 0 Å². The fourth-order valence-corrected chi connectivity index (χ4v) is 5.11. The molecule has 29 heavy (non-hydrogen) atoms. The minimum absolute atomic E-state index is 0.0109. The first-order valence-electron chi connectivity index (χ1n) is 10.8. The zero-order valence-electron chi connectivity index (χ0n) is 17.4. The number of hydrogen-bond acceptors (Lipinski definition) is 4. The molecule has 1 saturated carbocycles. The van der Waals surface area contributed by atoms with E-state index in [0.717, 1.165) is 51.8 Å². The molecule has 3 aromatic rings. The number of fused-ring (bicyclic) bond motifs is 1. The third-order valence-corrected chi connectivity index (χ3v) is 6.70. The van der Waals surface area contributed by atoms with Crippen LogP contribution in [0.25, 0.3) is 22.2 Å². The molecule has 2 aliphatic rings. The highest BCUT2D eigenvalue weighted by Crippen LogP contribution is 2.39. The summed E-state index contributed by atoms with van der Waals surface area (Å²) in [5.74, 6) is 2.76. The molecular weight excluding hydrogens is 364 g/mol. The Bertz CT molecular complexity index is 1050. The van der Waals surface area contributed by atoms with E-state index < -0.39 is 0 Å². The highest BCUT2D eigenvalue weighted by Gasteiger charge is 2.31. The minimum atomic E-state index is 0.0109. The molecule has 6 nitrogen and oxygen atoms in total. The summed E-state index contributed by atoms with van der Waals surface area (Å²) < 4.78 is 7.79. The third-order valence-electron chi connectivity index (χ3n) is 6.70. The zero-order valence-corrected chi connectivity index (χ0v) is 17.4. The Morgan fingerprint density at radius 1 is 1.14 bits per heavy atom. The van der Waals surface area contributed by atoms with E-state index in [4.69, 9.17) is 9.51 Å². The molecular formula is C23H28N4O2. The van der Waals surface area contributed by atoms with Crippen molar-refractivity contribution >= 4 is 16.9 Å². The highest BCUT2D eigenvalue weighted by atomic mass is 16.5. The van der Waals surface area contributed by atoms with E-state index in [-0.39, 0.29) is 11.9 Å². The van der Waals surface area contributed by atoms with Gasteiger partial charge in [0.2, 0.25) is 5.91 Å². The second-order valence-corrected chi connectivity index (χ2v) is 8.82. The van der Waals surface area contributed by atoms with E-state index in [2.05, 4.69) is 40.2 Å². The molecule has 1 aliphatic heterocycles. The SMILES string of the molecule is Cc1noc(C)c1-c1ccc2c(c1)nc([C@@H]1CCC(=O)N1)n2C1CCC(C)CC1. The topological polar surface area (TPSA) is 72.9 Å². The standard InChI is InChI=1S/C23H28N4O2/c1-13-4-7-17(8-5-13)27-20-10-6-16(22-14(2)26-29-15(22)3)12-19(20)25-23(27)18-9-11-21(28)24-18/h6,10,12-13,17-18H,4-5,7-9,11H2,1-3H3,(H,24,28)/t13?,17?,18-/m0/s1. The highest BCUT2D eigenvalue weighted by molar-refractivity contribution is 5.84. The van der Waals surface area contributed by atoms with Crippen molar-refractivity contribution in [3.05, 3.63) is 35.5 Å². The summed E-state index contributed by atoms with van der Waals surface area (Å²) in [4.78, 5) is 16.9. The van der Waals surface area contributed by atoms with Gasteiger partial charge in [-0.3, -0.25) is 4.79 Å². The largest absolute Gasteiger partial charge is 0.361 e. The molecule has 2 fully saturated rings. The maximum absolute atomic E-state index is 11.9. The Morgan fingerprint density at radius 3 is 2.59 bits per heavy atom. The van der Waals surface area contributed by atoms with Gasteiger partial charge in [0.1, 0.15) is 11.6 Å². The monoisotopic (exact) mass is 392 g/mol. The summed E-state index contributed by atoms with van der Waals surface area (Å²) in [6, 6.07) is 6.94. The summed E-state index contributed by atoms with van der Waals surface area (Å²) >= 11 is 0. The van der Waals surface area contributed by atoms with Crippen LogP contribution in [0.5, 0.6) is 0 Å². The molecule has 0 spiro atoms. The Balaban J connectivity index is 1.63. The van der Waals surface area contributed by atoms with Crippen molar-refractivity contribution < 1.29 is 9.32 Å². The Labute approximate surface area is 170 Å². The van der Waals surface area contributed by atoms with Gasteiger partial charge in [-0.05, 0) is 69.6 Å². The van der Waals surface area contributed by atoms with Crippen LogP contribution < -0.4 is 5.32 Å². The Hall–Kier alpha value is -2.63. The van der Waals surface area contributed by atoms with E-state index in [9.17, 15) is 4.79 Å². The lowest BCUT2D eigenvalue weighted by Gasteiger charge is -2.30. The number of carbonyl (C=O) groups excluding carboxylic acids is 1. The van der Waals surface area contributed by atoms with Crippen LogP contribution in [0.4, 0.5) is 0 Å². The quantitative estimate of drug-likeness (QED) is 0.680. The molecule has 1 aliphatic carbocycles. The van der Waals surface area contributed by atoms with Gasteiger partial charge in [0, 0.05) is 18.0 Å². The van der Waals surface area contributed by atoms with E-state index in [1.54, 1.807) is 0 Å². The molecule has 6 heteroatoms. The number of hydrogen-bond donors (Lipinski definition) is 1. The molecule has 1 aromatic carbocycles. The van der Waals surface area contributed by atoms with Crippen molar-refractivity contribution in [3.63, 3.8) is 0 Å². The first kappa shape index (κ1) is 18.4. The van der Waals surface area contributed by atoms with Crippen LogP contribution in [-0.2, 0) is 4.79 Å². The predicted octanol–water partition coefficient (Wildman–Crippen LogP) is 5.01. The molecule has 5 rings (SSSR count). The van der Waals surface area contributed by atoms with Crippen LogP contribution in [0.2, 0.25) is 0 Å². The third kappa shape index (κ3) is 3.15. The lowest BCUT2D eigenvalue weighted by atomic mass is 9.87. The van der Waals surface area contributed by atoms with E-state index in [1.807, 2.05) is 13.8 Å². The molecule has 0 unspecified atom stereocenters. The summed E-state index contributed by atoms with van der Waals surface area (Å²) in [6.45, 7) is 6.26. The predicted molar refractivity (Wildman–Crippen MR) is 111 cm³/mol. The summed E-state index contributed by atoms with van der Waals surface area (Å²) in [5, 5.41) is 7.23. The van der Waals surface area contributed by atoms with Gasteiger partial charge < -0.3 is 14.4 Å². The van der Waals surface area contributed by atoms with E-state index >= 15 is 0 Å². The molecule has 1 saturated heterocycles. The maximum Gasteiger partial charge on any atom is 0.220 e. The minimum Gasteiger partial charge on any atom is -0.361 e. The number of nitrogens with one attached hydrogen (secondary N) is 1. The number of aromatic nitrogens is 3. The van der Waals surface area contributed by atoms with Gasteiger partial charge in [-0.2, -0.15) is 0 Å². The smallest absolute Gasteiger partial charge is 0.220 e. The molecule has 0 radical (unpaired) electrons. The second-order valence-electron chi connectivity index (χ2n) is 8.82. The fourth-order valence-electron chi connectivity index (χ4n) is 5.11. The normalized spacial score (nSPS) is 24.9. The van der Waals surface area contributed by atoms with E-state index in [0.29, 0.717) is 12.5 Å². The number of aryl methyl sites for hydroxylation is 2. The number of carbonyl (C=O) groups is 1. The molecule has 152 valence electrons. The van der Waals surface area contributed by atoms with Gasteiger partial charge in [-0.1, -0.05) is 18.1 Å². The van der Waals surface area contributed by atoms with Gasteiger partial charge in [-0.15, -0.1) is 0 Å². The van der Waals surface area contributed by atoms with Gasteiger partial charge in [0.25, 0.3) is 0 Å². The molecule has 1 atom stereocenters. The maximum atomic E-state index is 11.9. The average molecular weight is 393 g/mol. The number of imidazole rings is 1. The van der Waals surface area contributed by atoms with Crippen LogP contribution in [0.15, 0.2) is 22.7 Å². The van der Waals surface area contributed by atoms with Gasteiger partial charge in [0.15, 0.2) is 0 Å². The van der Waals surface area contributed by atoms with Crippen molar-refractivity contribution in [2.24, 2.45) is 5.92 Å². The summed E-state index contributed by atoms with van der Waals surface area (Å²) in [6.07, 6.45) is 6.25. The van der Waals surface area contributed by atoms with E-state index in [1.165, 1.54) is 25.7 Å². The van der Waals surface area contributed by atoms with Crippen LogP contribution in [0.1, 0.15) is 74.8 Å². The van der Waals surface area contributed by atoms with Crippen LogP contribution in [0, 0.1) is 19.8 Å². The number of amides is 1. The Morgan fingerprint density at radius 2 is 1.93 bits per heavy atom. The lowest BCUT2D eigenvalue weighted by molar-refractivity contribution is -0.119. The fraction of sp³-hybridized carbons (Fsp3) is 0.522. The van der Waals surface area contributed by atoms with Crippen molar-refractivity contribution in [1.82, 2.24) is 20.0 Å². The number of benzene rings is 1. The van der Waals surface area contributed by atoms with Crippen molar-refractivity contribution in [2.45, 2.75) is 71.4 Å². The molecule has 2 aromatic heterocycles. The summed E-state index contributed by atoms with van der Waals surface area (Å²) in [7, 11) is 0. The van der Waals surface area contributed by atoms with Gasteiger partial charge >= 0.3 is 0 Å². The second kappa shape index (κ2) is 7.01. The van der Waals surface area contributed by atoms with Crippen molar-refractivity contribution in [3.8, 4) is 11.1 Å². The zero-order chi connectivity index (χ0) is 20.1. The molecule has 1 N–H and O–H groups in total. The van der Waals surface area contributed by atoms with Crippen LogP contribution in [0.3, 0.4) is 0 Å². The number of nitrogens with zero attached hydrogens (tertiary/aromatic N) is 3. The van der Waals surface area contributed by atoms with Crippen LogP contribution >= 0.6 is 0 Å². The van der Waals surface area contributed by atoms with Gasteiger partial charge in [-0.25, -0.2) is 4.98 Å².